The first-order valence-corrected chi connectivity index (χ1v) is 7.15. The van der Waals surface area contributed by atoms with Gasteiger partial charge in [0.2, 0.25) is 0 Å². The third kappa shape index (κ3) is 5.53. The van der Waals surface area contributed by atoms with Gasteiger partial charge in [0, 0.05) is 22.3 Å². The lowest BCUT2D eigenvalue weighted by atomic mass is 9.92. The third-order valence-corrected chi connectivity index (χ3v) is 3.61. The minimum Gasteiger partial charge on any atom is -0.388 e. The molecule has 1 rings (SSSR count). The summed E-state index contributed by atoms with van der Waals surface area (Å²) in [6, 6.07) is 4.46. The molecule has 1 unspecified atom stereocenters. The Morgan fingerprint density at radius 3 is 2.19 bits per heavy atom. The SMILES string of the molecule is CC(C)C(C)(O)CNC(=O)C(=O)Nc1cc(Cl)cc(Cl)c1. The molecule has 0 saturated heterocycles. The first-order chi connectivity index (χ1) is 9.61. The number of hydrogen-bond donors (Lipinski definition) is 3. The molecule has 0 fully saturated rings. The second-order valence-electron chi connectivity index (χ2n) is 5.31. The molecule has 0 spiro atoms. The van der Waals surface area contributed by atoms with Crippen LogP contribution in [-0.4, -0.2) is 29.1 Å². The Morgan fingerprint density at radius 2 is 1.71 bits per heavy atom. The van der Waals surface area contributed by atoms with Crippen LogP contribution in [0.15, 0.2) is 18.2 Å². The van der Waals surface area contributed by atoms with Crippen molar-refractivity contribution in [2.24, 2.45) is 5.92 Å². The van der Waals surface area contributed by atoms with E-state index in [1.807, 2.05) is 13.8 Å². The average molecular weight is 333 g/mol. The second-order valence-corrected chi connectivity index (χ2v) is 6.18. The summed E-state index contributed by atoms with van der Waals surface area (Å²) in [6.45, 7) is 5.21. The van der Waals surface area contributed by atoms with E-state index in [1.165, 1.54) is 18.2 Å². The van der Waals surface area contributed by atoms with Gasteiger partial charge in [-0.2, -0.15) is 0 Å². The van der Waals surface area contributed by atoms with Gasteiger partial charge in [0.05, 0.1) is 5.60 Å². The molecule has 0 heterocycles. The fraction of sp³-hybridized carbons (Fsp3) is 0.429. The van der Waals surface area contributed by atoms with Crippen LogP contribution in [0, 0.1) is 5.92 Å². The first-order valence-electron chi connectivity index (χ1n) is 6.39. The van der Waals surface area contributed by atoms with E-state index in [4.69, 9.17) is 23.2 Å². The Balaban J connectivity index is 2.61. The van der Waals surface area contributed by atoms with Crippen LogP contribution in [0.5, 0.6) is 0 Å². The third-order valence-electron chi connectivity index (χ3n) is 3.18. The molecule has 0 bridgehead atoms. The number of carbonyl (C=O) groups is 2. The Labute approximate surface area is 133 Å². The zero-order valence-corrected chi connectivity index (χ0v) is 13.5. The van der Waals surface area contributed by atoms with Crippen molar-refractivity contribution in [3.8, 4) is 0 Å². The van der Waals surface area contributed by atoms with Gasteiger partial charge >= 0.3 is 11.8 Å². The molecule has 2 amide bonds. The molecule has 0 aromatic heterocycles. The lowest BCUT2D eigenvalue weighted by Crippen LogP contribution is -2.47. The van der Waals surface area contributed by atoms with Gasteiger partial charge < -0.3 is 15.7 Å². The van der Waals surface area contributed by atoms with Crippen molar-refractivity contribution in [3.05, 3.63) is 28.2 Å². The highest BCUT2D eigenvalue weighted by Gasteiger charge is 2.26. The molecule has 0 aliphatic rings. The maximum absolute atomic E-state index is 11.7. The highest BCUT2D eigenvalue weighted by molar-refractivity contribution is 6.40. The summed E-state index contributed by atoms with van der Waals surface area (Å²) in [4.78, 5) is 23.4. The van der Waals surface area contributed by atoms with Crippen LogP contribution in [0.1, 0.15) is 20.8 Å². The summed E-state index contributed by atoms with van der Waals surface area (Å²) < 4.78 is 0. The summed E-state index contributed by atoms with van der Waals surface area (Å²) >= 11 is 11.6. The molecule has 1 aromatic rings. The predicted octanol–water partition coefficient (Wildman–Crippen LogP) is 2.46. The summed E-state index contributed by atoms with van der Waals surface area (Å²) in [7, 11) is 0. The van der Waals surface area contributed by atoms with Gasteiger partial charge in [-0.25, -0.2) is 0 Å². The van der Waals surface area contributed by atoms with Crippen LogP contribution in [0.2, 0.25) is 10.0 Å². The number of amides is 2. The Hall–Kier alpha value is -1.30. The second kappa shape index (κ2) is 7.11. The van der Waals surface area contributed by atoms with E-state index in [0.717, 1.165) is 0 Å². The number of hydrogen-bond acceptors (Lipinski definition) is 3. The zero-order valence-electron chi connectivity index (χ0n) is 12.0. The summed E-state index contributed by atoms with van der Waals surface area (Å²) in [5.74, 6) is -1.76. The van der Waals surface area contributed by atoms with Crippen molar-refractivity contribution in [3.63, 3.8) is 0 Å². The highest BCUT2D eigenvalue weighted by Crippen LogP contribution is 2.22. The smallest absolute Gasteiger partial charge is 0.313 e. The minimum atomic E-state index is -1.09. The molecular weight excluding hydrogens is 315 g/mol. The number of nitrogens with one attached hydrogen (secondary N) is 2. The summed E-state index contributed by atoms with van der Waals surface area (Å²) in [5.41, 5.74) is -0.766. The van der Waals surface area contributed by atoms with E-state index >= 15 is 0 Å². The van der Waals surface area contributed by atoms with Crippen molar-refractivity contribution in [1.82, 2.24) is 5.32 Å². The fourth-order valence-corrected chi connectivity index (χ4v) is 1.88. The molecule has 3 N–H and O–H groups in total. The topological polar surface area (TPSA) is 78.4 Å². The predicted molar refractivity (Wildman–Crippen MR) is 83.6 cm³/mol. The molecule has 5 nitrogen and oxygen atoms in total. The molecule has 0 saturated carbocycles. The number of benzene rings is 1. The molecule has 0 aliphatic carbocycles. The van der Waals surface area contributed by atoms with Crippen LogP contribution in [0.25, 0.3) is 0 Å². The molecule has 21 heavy (non-hydrogen) atoms. The molecule has 1 aromatic carbocycles. The monoisotopic (exact) mass is 332 g/mol. The van der Waals surface area contributed by atoms with Crippen LogP contribution in [0.4, 0.5) is 5.69 Å². The van der Waals surface area contributed by atoms with Crippen molar-refractivity contribution in [2.75, 3.05) is 11.9 Å². The number of carbonyl (C=O) groups excluding carboxylic acids is 2. The van der Waals surface area contributed by atoms with Crippen LogP contribution >= 0.6 is 23.2 Å². The molecule has 1 atom stereocenters. The van der Waals surface area contributed by atoms with Crippen molar-refractivity contribution >= 4 is 40.7 Å². The normalized spacial score (nSPS) is 13.7. The van der Waals surface area contributed by atoms with E-state index in [0.29, 0.717) is 15.7 Å². The lowest BCUT2D eigenvalue weighted by molar-refractivity contribution is -0.137. The zero-order chi connectivity index (χ0) is 16.2. The largest absolute Gasteiger partial charge is 0.388 e. The van der Waals surface area contributed by atoms with E-state index < -0.39 is 17.4 Å². The van der Waals surface area contributed by atoms with E-state index in [2.05, 4.69) is 10.6 Å². The highest BCUT2D eigenvalue weighted by atomic mass is 35.5. The van der Waals surface area contributed by atoms with Gasteiger partial charge in [0.15, 0.2) is 0 Å². The van der Waals surface area contributed by atoms with Gasteiger partial charge in [0.25, 0.3) is 0 Å². The van der Waals surface area contributed by atoms with E-state index in [-0.39, 0.29) is 12.5 Å². The number of anilines is 1. The average Bonchev–Trinajstić information content (AvgIpc) is 2.34. The van der Waals surface area contributed by atoms with Crippen LogP contribution in [0.3, 0.4) is 0 Å². The van der Waals surface area contributed by atoms with Crippen molar-refractivity contribution in [1.29, 1.82) is 0 Å². The molecule has 7 heteroatoms. The molecule has 0 aliphatic heterocycles. The van der Waals surface area contributed by atoms with E-state index in [9.17, 15) is 14.7 Å². The standard InChI is InChI=1S/C14H18Cl2N2O3/c1-8(2)14(3,21)7-17-12(19)13(20)18-11-5-9(15)4-10(16)6-11/h4-6,8,21H,7H2,1-3H3,(H,17,19)(H,18,20). The maximum atomic E-state index is 11.7. The molecule has 116 valence electrons. The fourth-order valence-electron chi connectivity index (χ4n) is 1.36. The summed E-state index contributed by atoms with van der Waals surface area (Å²) in [5, 5.41) is 15.5. The van der Waals surface area contributed by atoms with Gasteiger partial charge in [-0.1, -0.05) is 37.0 Å². The Morgan fingerprint density at radius 1 is 1.19 bits per heavy atom. The minimum absolute atomic E-state index is 0.0206. The van der Waals surface area contributed by atoms with Gasteiger partial charge in [-0.3, -0.25) is 9.59 Å². The van der Waals surface area contributed by atoms with E-state index in [1.54, 1.807) is 6.92 Å². The first kappa shape index (κ1) is 17.8. The van der Waals surface area contributed by atoms with Crippen LogP contribution in [-0.2, 0) is 9.59 Å². The number of rotatable bonds is 4. The van der Waals surface area contributed by atoms with Crippen molar-refractivity contribution in [2.45, 2.75) is 26.4 Å². The number of aliphatic hydroxyl groups is 1. The maximum Gasteiger partial charge on any atom is 0.313 e. The van der Waals surface area contributed by atoms with Crippen molar-refractivity contribution < 1.29 is 14.7 Å². The van der Waals surface area contributed by atoms with Crippen LogP contribution < -0.4 is 10.6 Å². The van der Waals surface area contributed by atoms with Gasteiger partial charge in [-0.15, -0.1) is 0 Å². The summed E-state index contributed by atoms with van der Waals surface area (Å²) in [6.07, 6.45) is 0. The molecule has 0 radical (unpaired) electrons. The number of halogens is 2. The van der Waals surface area contributed by atoms with Gasteiger partial charge in [-0.05, 0) is 31.0 Å². The lowest BCUT2D eigenvalue weighted by Gasteiger charge is -2.27. The van der Waals surface area contributed by atoms with Gasteiger partial charge in [0.1, 0.15) is 0 Å². The molecular formula is C14H18Cl2N2O3. The quantitative estimate of drug-likeness (QED) is 0.741. The Bertz CT molecular complexity index is 525. The Kier molecular flexibility index (Phi) is 6.01.